The minimum atomic E-state index is -0.672. The number of rotatable bonds is 3. The van der Waals surface area contributed by atoms with Gasteiger partial charge in [0.15, 0.2) is 5.13 Å². The van der Waals surface area contributed by atoms with Crippen LogP contribution in [0.25, 0.3) is 0 Å². The summed E-state index contributed by atoms with van der Waals surface area (Å²) in [7, 11) is 0. The topological polar surface area (TPSA) is 82.5 Å². The van der Waals surface area contributed by atoms with E-state index in [4.69, 9.17) is 0 Å². The summed E-state index contributed by atoms with van der Waals surface area (Å²) in [6.45, 7) is 3.33. The number of amides is 1. The number of hydrogen-bond donors (Lipinski definition) is 3. The summed E-state index contributed by atoms with van der Waals surface area (Å²) < 4.78 is 0. The molecule has 5 nitrogen and oxygen atoms in total. The van der Waals surface area contributed by atoms with Gasteiger partial charge in [0, 0.05) is 5.38 Å². The Hall–Kier alpha value is -1.92. The fraction of sp³-hybridized carbons (Fsp3) is 0.231. The molecule has 0 aliphatic heterocycles. The van der Waals surface area contributed by atoms with Crippen LogP contribution in [0, 0.1) is 6.92 Å². The third-order valence-corrected chi connectivity index (χ3v) is 3.43. The van der Waals surface area contributed by atoms with E-state index in [0.29, 0.717) is 16.4 Å². The van der Waals surface area contributed by atoms with Crippen molar-refractivity contribution in [1.29, 1.82) is 0 Å². The van der Waals surface area contributed by atoms with Gasteiger partial charge in [0.05, 0.1) is 17.4 Å². The van der Waals surface area contributed by atoms with Crippen molar-refractivity contribution < 1.29 is 15.0 Å². The zero-order chi connectivity index (χ0) is 14.0. The number of phenolic OH excluding ortho intramolecular Hbond substituents is 1. The Morgan fingerprint density at radius 3 is 2.84 bits per heavy atom. The number of aliphatic hydroxyl groups excluding tert-OH is 1. The Bertz CT molecular complexity index is 608. The third-order valence-electron chi connectivity index (χ3n) is 2.65. The molecule has 19 heavy (non-hydrogen) atoms. The zero-order valence-corrected chi connectivity index (χ0v) is 11.4. The second-order valence-corrected chi connectivity index (χ2v) is 5.04. The second-order valence-electron chi connectivity index (χ2n) is 4.18. The van der Waals surface area contributed by atoms with Gasteiger partial charge in [0.2, 0.25) is 0 Å². The summed E-state index contributed by atoms with van der Waals surface area (Å²) in [6, 6.07) is 4.97. The molecule has 0 saturated carbocycles. The highest BCUT2D eigenvalue weighted by atomic mass is 32.1. The molecule has 0 saturated heterocycles. The summed E-state index contributed by atoms with van der Waals surface area (Å²) >= 11 is 1.23. The van der Waals surface area contributed by atoms with Gasteiger partial charge in [-0.3, -0.25) is 10.1 Å². The average Bonchev–Trinajstić information content (AvgIpc) is 2.81. The van der Waals surface area contributed by atoms with Crippen LogP contribution in [0.3, 0.4) is 0 Å². The van der Waals surface area contributed by atoms with Gasteiger partial charge in [-0.1, -0.05) is 12.1 Å². The van der Waals surface area contributed by atoms with E-state index in [1.165, 1.54) is 11.3 Å². The molecule has 0 aliphatic carbocycles. The van der Waals surface area contributed by atoms with Crippen LogP contribution in [0.5, 0.6) is 5.75 Å². The smallest absolute Gasteiger partial charge is 0.261 e. The van der Waals surface area contributed by atoms with E-state index >= 15 is 0 Å². The number of anilines is 1. The highest BCUT2D eigenvalue weighted by Gasteiger charge is 2.15. The molecule has 0 aliphatic rings. The van der Waals surface area contributed by atoms with Crippen LogP contribution in [0.15, 0.2) is 23.6 Å². The molecule has 0 radical (unpaired) electrons. The molecule has 3 N–H and O–H groups in total. The quantitative estimate of drug-likeness (QED) is 0.805. The Kier molecular flexibility index (Phi) is 3.82. The first-order valence-electron chi connectivity index (χ1n) is 5.72. The van der Waals surface area contributed by atoms with E-state index in [1.54, 1.807) is 37.4 Å². The van der Waals surface area contributed by atoms with Crippen LogP contribution in [0.1, 0.15) is 34.6 Å². The maximum Gasteiger partial charge on any atom is 0.261 e. The van der Waals surface area contributed by atoms with E-state index in [0.717, 1.165) is 0 Å². The molecule has 1 aromatic heterocycles. The Balaban J connectivity index is 2.18. The summed E-state index contributed by atoms with van der Waals surface area (Å²) in [5, 5.41) is 23.8. The van der Waals surface area contributed by atoms with Crippen molar-refractivity contribution >= 4 is 22.4 Å². The molecule has 1 unspecified atom stereocenters. The maximum absolute atomic E-state index is 12.0. The number of aromatic nitrogens is 1. The number of hydrogen-bond acceptors (Lipinski definition) is 5. The number of phenols is 1. The molecule has 1 amide bonds. The van der Waals surface area contributed by atoms with E-state index in [9.17, 15) is 15.0 Å². The van der Waals surface area contributed by atoms with Crippen molar-refractivity contribution in [2.24, 2.45) is 0 Å². The van der Waals surface area contributed by atoms with Crippen molar-refractivity contribution in [1.82, 2.24) is 4.98 Å². The van der Waals surface area contributed by atoms with Crippen LogP contribution >= 0.6 is 11.3 Å². The van der Waals surface area contributed by atoms with Crippen LogP contribution in [-0.4, -0.2) is 21.1 Å². The van der Waals surface area contributed by atoms with Gasteiger partial charge in [-0.15, -0.1) is 11.3 Å². The fourth-order valence-corrected chi connectivity index (χ4v) is 2.33. The Labute approximate surface area is 114 Å². The predicted octanol–water partition coefficient (Wildman–Crippen LogP) is 2.46. The van der Waals surface area contributed by atoms with Gasteiger partial charge >= 0.3 is 0 Å². The molecule has 0 fully saturated rings. The molecular formula is C13H14N2O3S. The van der Waals surface area contributed by atoms with Gasteiger partial charge < -0.3 is 10.2 Å². The van der Waals surface area contributed by atoms with Crippen LogP contribution in [-0.2, 0) is 0 Å². The summed E-state index contributed by atoms with van der Waals surface area (Å²) in [5.74, 6) is -0.458. The monoisotopic (exact) mass is 278 g/mol. The van der Waals surface area contributed by atoms with Crippen LogP contribution in [0.2, 0.25) is 0 Å². The van der Waals surface area contributed by atoms with Crippen molar-refractivity contribution in [3.05, 3.63) is 40.4 Å². The van der Waals surface area contributed by atoms with E-state index in [2.05, 4.69) is 10.3 Å². The van der Waals surface area contributed by atoms with Crippen molar-refractivity contribution in [3.8, 4) is 5.75 Å². The lowest BCUT2D eigenvalue weighted by Gasteiger charge is -2.06. The van der Waals surface area contributed by atoms with Crippen molar-refractivity contribution in [2.45, 2.75) is 20.0 Å². The first kappa shape index (κ1) is 13.5. The number of nitrogens with one attached hydrogen (secondary N) is 1. The highest BCUT2D eigenvalue weighted by molar-refractivity contribution is 7.14. The second kappa shape index (κ2) is 5.38. The first-order valence-corrected chi connectivity index (χ1v) is 6.60. The average molecular weight is 278 g/mol. The minimum absolute atomic E-state index is 0.0349. The molecular weight excluding hydrogens is 264 g/mol. The number of carbonyl (C=O) groups is 1. The van der Waals surface area contributed by atoms with Crippen LogP contribution in [0.4, 0.5) is 5.13 Å². The summed E-state index contributed by atoms with van der Waals surface area (Å²) in [4.78, 5) is 16.1. The number of aliphatic hydroxyl groups is 1. The molecule has 6 heteroatoms. The number of para-hydroxylation sites is 1. The molecule has 2 aromatic rings. The molecule has 1 heterocycles. The number of thiazole rings is 1. The molecule has 0 spiro atoms. The van der Waals surface area contributed by atoms with Gasteiger partial charge in [-0.05, 0) is 25.5 Å². The minimum Gasteiger partial charge on any atom is -0.507 e. The normalized spacial score (nSPS) is 12.2. The standard InChI is InChI=1S/C13H14N2O3S/c1-7-4-3-5-9(11(7)17)12(18)15-13-14-10(6-19-13)8(2)16/h3-6,8,16-17H,1-2H3,(H,14,15,18). The maximum atomic E-state index is 12.0. The fourth-order valence-electron chi connectivity index (χ4n) is 1.54. The number of aryl methyl sites for hydroxylation is 1. The lowest BCUT2D eigenvalue weighted by atomic mass is 10.1. The van der Waals surface area contributed by atoms with Gasteiger partial charge in [0.1, 0.15) is 5.75 Å². The summed E-state index contributed by atoms with van der Waals surface area (Å²) in [5.41, 5.74) is 1.35. The zero-order valence-electron chi connectivity index (χ0n) is 10.5. The van der Waals surface area contributed by atoms with Gasteiger partial charge in [0.25, 0.3) is 5.91 Å². The Morgan fingerprint density at radius 2 is 2.21 bits per heavy atom. The molecule has 100 valence electrons. The number of carbonyl (C=O) groups excluding carboxylic acids is 1. The van der Waals surface area contributed by atoms with E-state index in [1.807, 2.05) is 0 Å². The lowest BCUT2D eigenvalue weighted by Crippen LogP contribution is -2.12. The number of benzene rings is 1. The van der Waals surface area contributed by atoms with E-state index in [-0.39, 0.29) is 11.3 Å². The van der Waals surface area contributed by atoms with Crippen LogP contribution < -0.4 is 5.32 Å². The molecule has 0 bridgehead atoms. The first-order chi connectivity index (χ1) is 8.99. The largest absolute Gasteiger partial charge is 0.507 e. The van der Waals surface area contributed by atoms with E-state index < -0.39 is 12.0 Å². The van der Waals surface area contributed by atoms with Gasteiger partial charge in [-0.2, -0.15) is 0 Å². The number of nitrogens with zero attached hydrogens (tertiary/aromatic N) is 1. The van der Waals surface area contributed by atoms with Crippen molar-refractivity contribution in [3.63, 3.8) is 0 Å². The molecule has 1 aromatic carbocycles. The molecule has 1 atom stereocenters. The lowest BCUT2D eigenvalue weighted by molar-refractivity contribution is 0.102. The highest BCUT2D eigenvalue weighted by Crippen LogP contribution is 2.24. The SMILES string of the molecule is Cc1cccc(C(=O)Nc2nc(C(C)O)cs2)c1O. The van der Waals surface area contributed by atoms with Crippen molar-refractivity contribution in [2.75, 3.05) is 5.32 Å². The molecule has 2 rings (SSSR count). The van der Waals surface area contributed by atoms with Gasteiger partial charge in [-0.25, -0.2) is 4.98 Å². The summed E-state index contributed by atoms with van der Waals surface area (Å²) in [6.07, 6.45) is -0.672. The predicted molar refractivity (Wildman–Crippen MR) is 73.5 cm³/mol. The Morgan fingerprint density at radius 1 is 1.47 bits per heavy atom. The third kappa shape index (κ3) is 2.91. The number of aromatic hydroxyl groups is 1.